The molecule has 2 aliphatic heterocycles. The summed E-state index contributed by atoms with van der Waals surface area (Å²) in [5, 5.41) is 0. The van der Waals surface area contributed by atoms with Gasteiger partial charge in [-0.2, -0.15) is 0 Å². The van der Waals surface area contributed by atoms with Gasteiger partial charge in [-0.15, -0.1) is 26.3 Å². The molecule has 0 saturated carbocycles. The highest BCUT2D eigenvalue weighted by molar-refractivity contribution is 5.82. The predicted molar refractivity (Wildman–Crippen MR) is 212 cm³/mol. The van der Waals surface area contributed by atoms with E-state index in [1.54, 1.807) is 46.2 Å². The fraction of sp³-hybridized carbons (Fsp3) is 0.333. The molecule has 2 saturated heterocycles. The average molecular weight is 861 g/mol. The maximum absolute atomic E-state index is 12.4. The standard InChI is InChI=1S/C21H19F3N2O5.C21H19F3N2O4.2H2/c1-29-19(27)25-10-2-3-15(25)12-26-17-11-14(6-9-18(17)30-20(26)28)13-4-7-16(8-5-13)31-21(22,23)24;1-13(27)25-10-2-3-16(25)12-26-18-11-15(6-9-19(18)29-20(26)28)14-4-7-17(8-5-14)30-21(22,23)24;;/h4-9,11,15H,2-3,10,12H2,1H3;4-9,11,16H,2-3,10,12H2,1H3;2*1H/t15-;16-;;/m00../s1. The monoisotopic (exact) mass is 860 g/mol. The maximum atomic E-state index is 12.4. The van der Waals surface area contributed by atoms with E-state index >= 15 is 0 Å². The Morgan fingerprint density at radius 1 is 0.639 bits per heavy atom. The molecule has 2 fully saturated rings. The summed E-state index contributed by atoms with van der Waals surface area (Å²) in [6.45, 7) is 3.32. The minimum absolute atomic E-state index is 0. The second kappa shape index (κ2) is 17.1. The number of fused-ring (bicyclic) bond motifs is 2. The van der Waals surface area contributed by atoms with Gasteiger partial charge in [-0.3, -0.25) is 13.9 Å². The van der Waals surface area contributed by atoms with Gasteiger partial charge in [0.1, 0.15) is 11.5 Å². The molecule has 2 atom stereocenters. The highest BCUT2D eigenvalue weighted by Crippen LogP contribution is 2.31. The van der Waals surface area contributed by atoms with Crippen LogP contribution in [0.1, 0.15) is 35.5 Å². The minimum Gasteiger partial charge on any atom is -0.453 e. The smallest absolute Gasteiger partial charge is 0.453 e. The first-order valence-corrected chi connectivity index (χ1v) is 19.1. The quantitative estimate of drug-likeness (QED) is 0.137. The Labute approximate surface area is 345 Å². The molecule has 2 aromatic heterocycles. The molecule has 13 nitrogen and oxygen atoms in total. The van der Waals surface area contributed by atoms with Crippen LogP contribution in [0.25, 0.3) is 44.5 Å². The SMILES string of the molecule is CC(=O)N1CCC[C@H]1Cn1c(=O)oc2ccc(-c3ccc(OC(F)(F)F)cc3)cc21.COC(=O)N1CCC[C@H]1Cn1c(=O)oc2ccc(-c3ccc(OC(F)(F)F)cc3)cc21.[HH].[HH]. The summed E-state index contributed by atoms with van der Waals surface area (Å²) >= 11 is 0. The van der Waals surface area contributed by atoms with E-state index in [-0.39, 0.29) is 38.9 Å². The van der Waals surface area contributed by atoms with Crippen LogP contribution in [0.2, 0.25) is 0 Å². The van der Waals surface area contributed by atoms with Crippen molar-refractivity contribution in [1.29, 1.82) is 0 Å². The predicted octanol–water partition coefficient (Wildman–Crippen LogP) is 9.05. The topological polar surface area (TPSA) is 139 Å². The summed E-state index contributed by atoms with van der Waals surface area (Å²) in [4.78, 5) is 52.0. The van der Waals surface area contributed by atoms with Crippen LogP contribution in [-0.4, -0.2) is 75.9 Å². The maximum Gasteiger partial charge on any atom is 0.573 e. The molecule has 0 spiro atoms. The number of carbonyl (C=O) groups is 2. The number of aromatic nitrogens is 2. The van der Waals surface area contributed by atoms with Crippen LogP contribution < -0.4 is 21.0 Å². The minimum atomic E-state index is -4.76. The van der Waals surface area contributed by atoms with Crippen LogP contribution in [0.3, 0.4) is 0 Å². The zero-order chi connectivity index (χ0) is 43.6. The molecule has 0 aliphatic carbocycles. The van der Waals surface area contributed by atoms with E-state index in [4.69, 9.17) is 13.6 Å². The Kier molecular flexibility index (Phi) is 11.9. The summed E-state index contributed by atoms with van der Waals surface area (Å²) in [5.74, 6) is -1.70. The highest BCUT2D eigenvalue weighted by atomic mass is 19.4. The van der Waals surface area contributed by atoms with Crippen LogP contribution in [-0.2, 0) is 22.6 Å². The number of amides is 2. The molecule has 0 N–H and O–H groups in total. The van der Waals surface area contributed by atoms with E-state index in [0.29, 0.717) is 64.1 Å². The molecule has 0 unspecified atom stereocenters. The molecule has 19 heteroatoms. The number of hydrogen-bond donors (Lipinski definition) is 0. The van der Waals surface area contributed by atoms with E-state index in [9.17, 15) is 45.5 Å². The number of likely N-dealkylation sites (tertiary alicyclic amines) is 2. The van der Waals surface area contributed by atoms with Crippen molar-refractivity contribution >= 4 is 34.2 Å². The van der Waals surface area contributed by atoms with Gasteiger partial charge in [0.15, 0.2) is 11.2 Å². The summed E-state index contributed by atoms with van der Waals surface area (Å²) in [5.41, 5.74) is 4.62. The first-order chi connectivity index (χ1) is 29.0. The van der Waals surface area contributed by atoms with Gasteiger partial charge >= 0.3 is 30.3 Å². The Morgan fingerprint density at radius 2 is 1.03 bits per heavy atom. The van der Waals surface area contributed by atoms with Crippen molar-refractivity contribution in [2.24, 2.45) is 0 Å². The van der Waals surface area contributed by atoms with E-state index in [2.05, 4.69) is 9.47 Å². The van der Waals surface area contributed by atoms with Crippen LogP contribution in [0.4, 0.5) is 31.1 Å². The largest absolute Gasteiger partial charge is 0.573 e. The first kappa shape index (κ1) is 42.5. The number of halogens is 6. The number of ether oxygens (including phenoxy) is 3. The Bertz CT molecular complexity index is 2660. The van der Waals surface area contributed by atoms with E-state index in [1.807, 2.05) is 0 Å². The van der Waals surface area contributed by atoms with E-state index in [0.717, 1.165) is 25.7 Å². The number of alkyl halides is 6. The summed E-state index contributed by atoms with van der Waals surface area (Å²) in [7, 11) is 1.31. The van der Waals surface area contributed by atoms with Crippen LogP contribution in [0.5, 0.6) is 11.5 Å². The van der Waals surface area contributed by atoms with Gasteiger partial charge in [-0.25, -0.2) is 14.4 Å². The fourth-order valence-corrected chi connectivity index (χ4v) is 7.77. The van der Waals surface area contributed by atoms with Crippen molar-refractivity contribution in [3.05, 3.63) is 106 Å². The van der Waals surface area contributed by atoms with Gasteiger partial charge in [0.2, 0.25) is 5.91 Å². The molecule has 8 rings (SSSR count). The van der Waals surface area contributed by atoms with Crippen LogP contribution >= 0.6 is 0 Å². The highest BCUT2D eigenvalue weighted by Gasteiger charge is 2.33. The third-order valence-electron chi connectivity index (χ3n) is 10.5. The number of carbonyl (C=O) groups excluding carboxylic acids is 2. The lowest BCUT2D eigenvalue weighted by atomic mass is 10.1. The Hall–Kier alpha value is -6.66. The van der Waals surface area contributed by atoms with Crippen molar-refractivity contribution < 1.29 is 61.8 Å². The Balaban J connectivity index is 0.000000230. The van der Waals surface area contributed by atoms with Crippen molar-refractivity contribution in [2.75, 3.05) is 20.2 Å². The lowest BCUT2D eigenvalue weighted by Crippen LogP contribution is -2.39. The van der Waals surface area contributed by atoms with Crippen LogP contribution in [0.15, 0.2) is 103 Å². The van der Waals surface area contributed by atoms with Gasteiger partial charge in [0.05, 0.1) is 30.7 Å². The third-order valence-corrected chi connectivity index (χ3v) is 10.5. The number of rotatable bonds is 8. The van der Waals surface area contributed by atoms with Crippen LogP contribution in [0, 0.1) is 0 Å². The molecule has 326 valence electrons. The van der Waals surface area contributed by atoms with E-state index < -0.39 is 30.3 Å². The zero-order valence-corrected chi connectivity index (χ0v) is 32.6. The van der Waals surface area contributed by atoms with Gasteiger partial charge in [0.25, 0.3) is 0 Å². The number of nitrogens with zero attached hydrogens (tertiary/aromatic N) is 4. The molecule has 2 amide bonds. The molecular formula is C42H42F6N4O9. The Morgan fingerprint density at radius 3 is 1.43 bits per heavy atom. The number of benzene rings is 4. The second-order valence-corrected chi connectivity index (χ2v) is 14.4. The molecule has 0 bridgehead atoms. The summed E-state index contributed by atoms with van der Waals surface area (Å²) in [6, 6.07) is 20.9. The molecule has 6 aromatic rings. The van der Waals surface area contributed by atoms with E-state index in [1.165, 1.54) is 71.7 Å². The average Bonchev–Trinajstić information content (AvgIpc) is 4.00. The van der Waals surface area contributed by atoms with Gasteiger partial charge in [-0.05, 0) is 96.5 Å². The van der Waals surface area contributed by atoms with Crippen molar-refractivity contribution in [3.63, 3.8) is 0 Å². The number of oxazole rings is 2. The summed E-state index contributed by atoms with van der Waals surface area (Å²) < 4.78 is 100. The molecule has 0 radical (unpaired) electrons. The van der Waals surface area contributed by atoms with Crippen molar-refractivity contribution in [2.45, 2.75) is 70.5 Å². The second-order valence-electron chi connectivity index (χ2n) is 14.4. The van der Waals surface area contributed by atoms with Gasteiger partial charge in [-0.1, -0.05) is 36.4 Å². The molecule has 61 heavy (non-hydrogen) atoms. The van der Waals surface area contributed by atoms with Gasteiger partial charge in [0, 0.05) is 35.5 Å². The first-order valence-electron chi connectivity index (χ1n) is 19.1. The lowest BCUT2D eigenvalue weighted by molar-refractivity contribution is -0.275. The zero-order valence-electron chi connectivity index (χ0n) is 32.6. The lowest BCUT2D eigenvalue weighted by Gasteiger charge is -2.23. The molecule has 4 aromatic carbocycles. The summed E-state index contributed by atoms with van der Waals surface area (Å²) in [6.07, 6.45) is -6.72. The number of hydrogen-bond acceptors (Lipinski definition) is 9. The van der Waals surface area contributed by atoms with Crippen molar-refractivity contribution in [1.82, 2.24) is 18.9 Å². The molecule has 4 heterocycles. The molecular weight excluding hydrogens is 818 g/mol. The molecule has 2 aliphatic rings. The number of methoxy groups -OCH3 is 1. The van der Waals surface area contributed by atoms with Gasteiger partial charge < -0.3 is 32.8 Å². The fourth-order valence-electron chi connectivity index (χ4n) is 7.77. The third kappa shape index (κ3) is 9.87. The van der Waals surface area contributed by atoms with Crippen molar-refractivity contribution in [3.8, 4) is 33.8 Å². The normalized spacial score (nSPS) is 16.8.